The largest absolute Gasteiger partial charge is 0.473 e. The van der Waals surface area contributed by atoms with Gasteiger partial charge in [-0.2, -0.15) is 0 Å². The zero-order valence-electron chi connectivity index (χ0n) is 6.99. The summed E-state index contributed by atoms with van der Waals surface area (Å²) in [5.74, 6) is 0.447. The number of hydrogen-bond donors (Lipinski definition) is 0. The van der Waals surface area contributed by atoms with E-state index in [4.69, 9.17) is 4.74 Å². The topological polar surface area (TPSA) is 27.1 Å². The third-order valence-electron chi connectivity index (χ3n) is 1.75. The van der Waals surface area contributed by atoms with Crippen LogP contribution in [-0.4, -0.2) is 22.3 Å². The third kappa shape index (κ3) is 2.40. The Hall–Kier alpha value is -1.13. The van der Waals surface area contributed by atoms with E-state index >= 15 is 0 Å². The van der Waals surface area contributed by atoms with Crippen LogP contribution in [0.2, 0.25) is 0 Å². The van der Waals surface area contributed by atoms with Crippen LogP contribution in [0.4, 0.5) is 8.78 Å². The lowest BCUT2D eigenvalue weighted by Crippen LogP contribution is -2.07. The van der Waals surface area contributed by atoms with Crippen molar-refractivity contribution in [1.29, 1.82) is 0 Å². The van der Waals surface area contributed by atoms with Gasteiger partial charge in [-0.3, -0.25) is 4.68 Å². The van der Waals surface area contributed by atoms with Gasteiger partial charge in [0, 0.05) is 12.3 Å². The normalized spacial score (nSPS) is 16.5. The van der Waals surface area contributed by atoms with Gasteiger partial charge in [-0.25, -0.2) is 8.78 Å². The number of nitrogens with zero attached hydrogens (tertiary/aromatic N) is 2. The van der Waals surface area contributed by atoms with E-state index in [0.29, 0.717) is 5.88 Å². The summed E-state index contributed by atoms with van der Waals surface area (Å²) in [5.41, 5.74) is 0. The van der Waals surface area contributed by atoms with Crippen molar-refractivity contribution in [3.63, 3.8) is 0 Å². The first-order valence-electron chi connectivity index (χ1n) is 4.22. The number of ether oxygens (including phenoxy) is 1. The van der Waals surface area contributed by atoms with Crippen LogP contribution in [0, 0.1) is 0 Å². The summed E-state index contributed by atoms with van der Waals surface area (Å²) in [5, 5.41) is 3.84. The summed E-state index contributed by atoms with van der Waals surface area (Å²) in [7, 11) is 0. The standard InChI is InChI=1S/C8H10F2N2O/c9-7(10)5-12-4-3-8(11-12)13-6-1-2-6/h3-4,6-7H,1-2,5H2. The van der Waals surface area contributed by atoms with E-state index in [1.165, 1.54) is 10.9 Å². The fourth-order valence-electron chi connectivity index (χ4n) is 1.01. The summed E-state index contributed by atoms with van der Waals surface area (Å²) in [6.45, 7) is -0.367. The van der Waals surface area contributed by atoms with E-state index in [9.17, 15) is 8.78 Å². The van der Waals surface area contributed by atoms with Gasteiger partial charge < -0.3 is 4.74 Å². The Kier molecular flexibility index (Phi) is 2.16. The molecule has 72 valence electrons. The average Bonchev–Trinajstić information content (AvgIpc) is 2.73. The zero-order valence-corrected chi connectivity index (χ0v) is 6.99. The number of aromatic nitrogens is 2. The number of halogens is 2. The van der Waals surface area contributed by atoms with E-state index in [1.54, 1.807) is 6.07 Å². The molecule has 1 aromatic heterocycles. The molecule has 0 atom stereocenters. The van der Waals surface area contributed by atoms with Gasteiger partial charge in [0.1, 0.15) is 12.6 Å². The second-order valence-electron chi connectivity index (χ2n) is 3.08. The molecule has 1 aromatic rings. The van der Waals surface area contributed by atoms with Crippen LogP contribution in [0.5, 0.6) is 5.88 Å². The van der Waals surface area contributed by atoms with E-state index < -0.39 is 6.43 Å². The monoisotopic (exact) mass is 188 g/mol. The Bertz CT molecular complexity index is 265. The van der Waals surface area contributed by atoms with Gasteiger partial charge in [-0.05, 0) is 12.8 Å². The molecule has 1 fully saturated rings. The van der Waals surface area contributed by atoms with Gasteiger partial charge in [-0.1, -0.05) is 0 Å². The van der Waals surface area contributed by atoms with Gasteiger partial charge in [0.2, 0.25) is 5.88 Å². The molecule has 0 N–H and O–H groups in total. The molecule has 0 saturated heterocycles. The molecule has 1 aliphatic rings. The van der Waals surface area contributed by atoms with Crippen LogP contribution in [0.15, 0.2) is 12.3 Å². The van der Waals surface area contributed by atoms with Crippen molar-refractivity contribution in [2.75, 3.05) is 0 Å². The maximum absolute atomic E-state index is 11.9. The van der Waals surface area contributed by atoms with Crippen LogP contribution in [0.3, 0.4) is 0 Å². The molecule has 1 aliphatic carbocycles. The molecule has 0 radical (unpaired) electrons. The quantitative estimate of drug-likeness (QED) is 0.718. The van der Waals surface area contributed by atoms with Crippen molar-refractivity contribution >= 4 is 0 Å². The molecule has 0 aromatic carbocycles. The van der Waals surface area contributed by atoms with Gasteiger partial charge in [0.25, 0.3) is 6.43 Å². The van der Waals surface area contributed by atoms with Crippen LogP contribution < -0.4 is 4.74 Å². The lowest BCUT2D eigenvalue weighted by molar-refractivity contribution is 0.121. The van der Waals surface area contributed by atoms with Crippen LogP contribution in [0.1, 0.15) is 12.8 Å². The van der Waals surface area contributed by atoms with E-state index in [2.05, 4.69) is 5.10 Å². The summed E-state index contributed by atoms with van der Waals surface area (Å²) in [4.78, 5) is 0. The molecule has 0 aliphatic heterocycles. The molecule has 0 bridgehead atoms. The van der Waals surface area contributed by atoms with Crippen molar-refractivity contribution in [3.05, 3.63) is 12.3 Å². The zero-order chi connectivity index (χ0) is 9.26. The van der Waals surface area contributed by atoms with Crippen molar-refractivity contribution < 1.29 is 13.5 Å². The Morgan fingerprint density at radius 3 is 3.00 bits per heavy atom. The minimum atomic E-state index is -2.37. The molecule has 2 rings (SSSR count). The molecule has 5 heteroatoms. The van der Waals surface area contributed by atoms with E-state index in [-0.39, 0.29) is 12.6 Å². The molecule has 0 amide bonds. The lowest BCUT2D eigenvalue weighted by atomic mass is 10.6. The van der Waals surface area contributed by atoms with Crippen LogP contribution in [0.25, 0.3) is 0 Å². The first-order valence-corrected chi connectivity index (χ1v) is 4.22. The molecule has 0 spiro atoms. The minimum absolute atomic E-state index is 0.259. The SMILES string of the molecule is FC(F)Cn1ccc(OC2CC2)n1. The number of rotatable bonds is 4. The molecular formula is C8H10F2N2O. The fraction of sp³-hybridized carbons (Fsp3) is 0.625. The van der Waals surface area contributed by atoms with Gasteiger partial charge in [0.05, 0.1) is 0 Å². The summed E-state index contributed by atoms with van der Waals surface area (Å²) in [6.07, 6.45) is 1.48. The highest BCUT2D eigenvalue weighted by Crippen LogP contribution is 2.25. The smallest absolute Gasteiger partial charge is 0.257 e. The molecule has 3 nitrogen and oxygen atoms in total. The maximum atomic E-state index is 11.9. The van der Waals surface area contributed by atoms with Gasteiger partial charge in [-0.15, -0.1) is 5.10 Å². The summed E-state index contributed by atoms with van der Waals surface area (Å²) >= 11 is 0. The summed E-state index contributed by atoms with van der Waals surface area (Å²) in [6, 6.07) is 1.61. The van der Waals surface area contributed by atoms with Crippen molar-refractivity contribution in [3.8, 4) is 5.88 Å². The van der Waals surface area contributed by atoms with Crippen molar-refractivity contribution in [2.24, 2.45) is 0 Å². The number of hydrogen-bond acceptors (Lipinski definition) is 2. The average molecular weight is 188 g/mol. The van der Waals surface area contributed by atoms with Crippen molar-refractivity contribution in [2.45, 2.75) is 31.9 Å². The first kappa shape index (κ1) is 8.47. The molecular weight excluding hydrogens is 178 g/mol. The highest BCUT2D eigenvalue weighted by Gasteiger charge is 2.24. The molecule has 1 saturated carbocycles. The molecule has 0 unspecified atom stereocenters. The maximum Gasteiger partial charge on any atom is 0.257 e. The Balaban J connectivity index is 1.91. The summed E-state index contributed by atoms with van der Waals surface area (Å²) < 4.78 is 30.3. The number of alkyl halides is 2. The Morgan fingerprint density at radius 1 is 1.62 bits per heavy atom. The minimum Gasteiger partial charge on any atom is -0.473 e. The van der Waals surface area contributed by atoms with E-state index in [0.717, 1.165) is 12.8 Å². The fourth-order valence-corrected chi connectivity index (χ4v) is 1.01. The Labute approximate surface area is 74.3 Å². The highest BCUT2D eigenvalue weighted by molar-refractivity contribution is 5.07. The first-order chi connectivity index (χ1) is 6.24. The predicted molar refractivity (Wildman–Crippen MR) is 41.9 cm³/mol. The van der Waals surface area contributed by atoms with Crippen LogP contribution in [-0.2, 0) is 6.54 Å². The molecule has 1 heterocycles. The molecule has 13 heavy (non-hydrogen) atoms. The van der Waals surface area contributed by atoms with Crippen LogP contribution >= 0.6 is 0 Å². The lowest BCUT2D eigenvalue weighted by Gasteiger charge is -1.99. The highest BCUT2D eigenvalue weighted by atomic mass is 19.3. The van der Waals surface area contributed by atoms with E-state index in [1.807, 2.05) is 0 Å². The second kappa shape index (κ2) is 3.32. The van der Waals surface area contributed by atoms with Gasteiger partial charge >= 0.3 is 0 Å². The second-order valence-corrected chi connectivity index (χ2v) is 3.08. The Morgan fingerprint density at radius 2 is 2.38 bits per heavy atom. The van der Waals surface area contributed by atoms with Gasteiger partial charge in [0.15, 0.2) is 0 Å². The predicted octanol–water partition coefficient (Wildman–Crippen LogP) is 1.69. The third-order valence-corrected chi connectivity index (χ3v) is 1.75. The van der Waals surface area contributed by atoms with Crippen molar-refractivity contribution in [1.82, 2.24) is 9.78 Å².